The summed E-state index contributed by atoms with van der Waals surface area (Å²) in [6, 6.07) is 8.10. The minimum Gasteiger partial charge on any atom is -0.411 e. The first kappa shape index (κ1) is 20.0. The van der Waals surface area contributed by atoms with Crippen LogP contribution >= 0.6 is 11.8 Å². The van der Waals surface area contributed by atoms with Gasteiger partial charge in [0.25, 0.3) is 5.22 Å². The molecule has 1 aromatic carbocycles. The molecule has 2 rings (SSSR count). The predicted molar refractivity (Wildman–Crippen MR) is 102 cm³/mol. The van der Waals surface area contributed by atoms with Crippen LogP contribution in [-0.2, 0) is 4.79 Å². The Morgan fingerprint density at radius 3 is 2.54 bits per heavy atom. The highest BCUT2D eigenvalue weighted by Gasteiger charge is 2.32. The number of amides is 1. The highest BCUT2D eigenvalue weighted by molar-refractivity contribution is 8.00. The zero-order valence-electron chi connectivity index (χ0n) is 16.0. The summed E-state index contributed by atoms with van der Waals surface area (Å²) in [5.74, 6) is 0.180. The van der Waals surface area contributed by atoms with Crippen molar-refractivity contribution >= 4 is 17.7 Å². The molecule has 0 bridgehead atoms. The molecular formula is C19H24N4O2S. The number of benzene rings is 1. The molecule has 0 saturated heterocycles. The molecule has 0 fully saturated rings. The number of hydrogen-bond donors (Lipinski definition) is 1. The van der Waals surface area contributed by atoms with Crippen molar-refractivity contribution in [3.05, 3.63) is 29.3 Å². The van der Waals surface area contributed by atoms with E-state index in [4.69, 9.17) is 4.42 Å². The molecule has 0 aliphatic rings. The summed E-state index contributed by atoms with van der Waals surface area (Å²) in [4.78, 5) is 12.4. The monoisotopic (exact) mass is 372 g/mol. The fourth-order valence-corrected chi connectivity index (χ4v) is 2.80. The smallest absolute Gasteiger partial charge is 0.277 e. The fraction of sp³-hybridized carbons (Fsp3) is 0.474. The first-order valence-corrected chi connectivity index (χ1v) is 9.35. The van der Waals surface area contributed by atoms with E-state index >= 15 is 0 Å². The van der Waals surface area contributed by atoms with Gasteiger partial charge in [-0.15, -0.1) is 10.2 Å². The van der Waals surface area contributed by atoms with Crippen LogP contribution < -0.4 is 5.32 Å². The van der Waals surface area contributed by atoms with Gasteiger partial charge in [-0.1, -0.05) is 31.7 Å². The Labute approximate surface area is 158 Å². The second-order valence-electron chi connectivity index (χ2n) is 6.89. The van der Waals surface area contributed by atoms with Gasteiger partial charge in [-0.05, 0) is 56.9 Å². The Balaban J connectivity index is 2.07. The van der Waals surface area contributed by atoms with Crippen LogP contribution in [0.4, 0.5) is 0 Å². The largest absolute Gasteiger partial charge is 0.411 e. The van der Waals surface area contributed by atoms with E-state index in [0.717, 1.165) is 11.1 Å². The Hall–Kier alpha value is -2.33. The number of thioether (sulfide) groups is 1. The minimum atomic E-state index is -0.911. The standard InChI is InChI=1S/C19H24N4O2S/c1-11(2)19(6,10-20)21-16(24)14(5)26-18-23-22-17(25-18)15-8-7-12(3)13(4)9-15/h7-9,11,14H,1-6H3,(H,21,24)/t14-,19-/m0/s1. The Bertz CT molecular complexity index is 840. The highest BCUT2D eigenvalue weighted by Crippen LogP contribution is 2.28. The molecule has 0 saturated carbocycles. The average molecular weight is 372 g/mol. The number of carbonyl (C=O) groups excluding carboxylic acids is 1. The lowest BCUT2D eigenvalue weighted by Crippen LogP contribution is -2.51. The molecule has 1 heterocycles. The summed E-state index contributed by atoms with van der Waals surface area (Å²) >= 11 is 1.18. The lowest BCUT2D eigenvalue weighted by molar-refractivity contribution is -0.121. The van der Waals surface area contributed by atoms with E-state index in [1.165, 1.54) is 17.3 Å². The molecule has 7 heteroatoms. The number of aromatic nitrogens is 2. The van der Waals surface area contributed by atoms with Gasteiger partial charge in [0.05, 0.1) is 11.3 Å². The van der Waals surface area contributed by atoms with E-state index in [1.807, 2.05) is 45.9 Å². The number of rotatable bonds is 6. The molecule has 1 N–H and O–H groups in total. The summed E-state index contributed by atoms with van der Waals surface area (Å²) in [5.41, 5.74) is 2.28. The molecule has 0 unspecified atom stereocenters. The maximum atomic E-state index is 12.4. The van der Waals surface area contributed by atoms with Crippen LogP contribution in [0.15, 0.2) is 27.8 Å². The van der Waals surface area contributed by atoms with Crippen LogP contribution in [0.3, 0.4) is 0 Å². The van der Waals surface area contributed by atoms with E-state index < -0.39 is 10.8 Å². The molecule has 0 aliphatic carbocycles. The number of aryl methyl sites for hydroxylation is 2. The number of nitrogens with zero attached hydrogens (tertiary/aromatic N) is 3. The molecule has 2 atom stereocenters. The molecule has 2 aromatic rings. The summed E-state index contributed by atoms with van der Waals surface area (Å²) < 4.78 is 5.69. The van der Waals surface area contributed by atoms with Crippen LogP contribution in [0.5, 0.6) is 0 Å². The Morgan fingerprint density at radius 1 is 1.27 bits per heavy atom. The van der Waals surface area contributed by atoms with Gasteiger partial charge in [-0.25, -0.2) is 0 Å². The summed E-state index contributed by atoms with van der Waals surface area (Å²) in [6.45, 7) is 11.3. The average Bonchev–Trinajstić information content (AvgIpc) is 3.05. The van der Waals surface area contributed by atoms with E-state index in [-0.39, 0.29) is 11.8 Å². The molecule has 0 aliphatic heterocycles. The molecule has 138 valence electrons. The highest BCUT2D eigenvalue weighted by atomic mass is 32.2. The molecule has 0 radical (unpaired) electrons. The molecular weight excluding hydrogens is 348 g/mol. The summed E-state index contributed by atoms with van der Waals surface area (Å²) in [6.07, 6.45) is 0. The normalized spacial score (nSPS) is 14.5. The van der Waals surface area contributed by atoms with Gasteiger partial charge in [-0.2, -0.15) is 5.26 Å². The van der Waals surface area contributed by atoms with Gasteiger partial charge in [0.15, 0.2) is 0 Å². The topological polar surface area (TPSA) is 91.8 Å². The zero-order chi connectivity index (χ0) is 19.5. The first-order valence-electron chi connectivity index (χ1n) is 8.47. The predicted octanol–water partition coefficient (Wildman–Crippen LogP) is 3.89. The van der Waals surface area contributed by atoms with E-state index in [1.54, 1.807) is 13.8 Å². The van der Waals surface area contributed by atoms with Crippen LogP contribution in [0, 0.1) is 31.1 Å². The number of hydrogen-bond acceptors (Lipinski definition) is 6. The van der Waals surface area contributed by atoms with Gasteiger partial charge in [0.1, 0.15) is 5.54 Å². The van der Waals surface area contributed by atoms with Crippen molar-refractivity contribution in [3.8, 4) is 17.5 Å². The quantitative estimate of drug-likeness (QED) is 0.774. The Morgan fingerprint density at radius 2 is 1.96 bits per heavy atom. The third-order valence-electron chi connectivity index (χ3n) is 4.58. The van der Waals surface area contributed by atoms with Crippen LogP contribution in [0.1, 0.15) is 38.8 Å². The van der Waals surface area contributed by atoms with Gasteiger partial charge in [0, 0.05) is 5.56 Å². The summed E-state index contributed by atoms with van der Waals surface area (Å²) in [5, 5.41) is 20.1. The fourth-order valence-electron chi connectivity index (χ4n) is 2.11. The molecule has 1 aromatic heterocycles. The Kier molecular flexibility index (Phi) is 6.09. The second-order valence-corrected chi connectivity index (χ2v) is 8.18. The van der Waals surface area contributed by atoms with Gasteiger partial charge < -0.3 is 9.73 Å². The minimum absolute atomic E-state index is 0.00608. The number of carbonyl (C=O) groups is 1. The van der Waals surface area contributed by atoms with Crippen LogP contribution in [-0.4, -0.2) is 26.9 Å². The van der Waals surface area contributed by atoms with Crippen molar-refractivity contribution in [2.75, 3.05) is 0 Å². The van der Waals surface area contributed by atoms with Crippen molar-refractivity contribution < 1.29 is 9.21 Å². The number of nitrogens with one attached hydrogen (secondary N) is 1. The van der Waals surface area contributed by atoms with Crippen molar-refractivity contribution in [2.24, 2.45) is 5.92 Å². The van der Waals surface area contributed by atoms with Crippen molar-refractivity contribution in [1.82, 2.24) is 15.5 Å². The molecule has 0 spiro atoms. The first-order chi connectivity index (χ1) is 12.2. The van der Waals surface area contributed by atoms with Crippen molar-refractivity contribution in [2.45, 2.75) is 57.6 Å². The van der Waals surface area contributed by atoms with E-state index in [9.17, 15) is 10.1 Å². The SMILES string of the molecule is Cc1ccc(-c2nnc(S[C@@H](C)C(=O)N[C@@](C)(C#N)C(C)C)o2)cc1C. The van der Waals surface area contributed by atoms with Crippen molar-refractivity contribution in [3.63, 3.8) is 0 Å². The molecule has 6 nitrogen and oxygen atoms in total. The maximum absolute atomic E-state index is 12.4. The van der Waals surface area contributed by atoms with Gasteiger partial charge in [0.2, 0.25) is 11.8 Å². The van der Waals surface area contributed by atoms with E-state index in [2.05, 4.69) is 21.6 Å². The third kappa shape index (κ3) is 4.44. The second kappa shape index (κ2) is 7.92. The lowest BCUT2D eigenvalue weighted by atomic mass is 9.90. The van der Waals surface area contributed by atoms with Crippen molar-refractivity contribution in [1.29, 1.82) is 5.26 Å². The third-order valence-corrected chi connectivity index (χ3v) is 5.51. The van der Waals surface area contributed by atoms with Crippen LogP contribution in [0.25, 0.3) is 11.5 Å². The van der Waals surface area contributed by atoms with Crippen LogP contribution in [0.2, 0.25) is 0 Å². The lowest BCUT2D eigenvalue weighted by Gasteiger charge is -2.28. The zero-order valence-corrected chi connectivity index (χ0v) is 16.8. The van der Waals surface area contributed by atoms with E-state index in [0.29, 0.717) is 11.1 Å². The van der Waals surface area contributed by atoms with Gasteiger partial charge in [-0.3, -0.25) is 4.79 Å². The number of nitriles is 1. The molecule has 26 heavy (non-hydrogen) atoms. The van der Waals surface area contributed by atoms with Gasteiger partial charge >= 0.3 is 0 Å². The molecule has 1 amide bonds. The summed E-state index contributed by atoms with van der Waals surface area (Å²) in [7, 11) is 0. The maximum Gasteiger partial charge on any atom is 0.277 e.